The number of esters is 1. The van der Waals surface area contributed by atoms with Gasteiger partial charge in [-0.2, -0.15) is 0 Å². The van der Waals surface area contributed by atoms with E-state index in [1.54, 1.807) is 0 Å². The van der Waals surface area contributed by atoms with Gasteiger partial charge in [0.15, 0.2) is 0 Å². The Hall–Kier alpha value is -2.18. The van der Waals surface area contributed by atoms with Crippen LogP contribution in [0.15, 0.2) is 48.6 Å². The van der Waals surface area contributed by atoms with Crippen LogP contribution in [0.1, 0.15) is 239 Å². The molecule has 0 rings (SSSR count). The van der Waals surface area contributed by atoms with Crippen molar-refractivity contribution < 1.29 is 24.5 Å². The summed E-state index contributed by atoms with van der Waals surface area (Å²) >= 11 is 0. The highest BCUT2D eigenvalue weighted by Crippen LogP contribution is 2.17. The van der Waals surface area contributed by atoms with Crippen LogP contribution < -0.4 is 5.32 Å². The van der Waals surface area contributed by atoms with Gasteiger partial charge >= 0.3 is 5.97 Å². The van der Waals surface area contributed by atoms with Gasteiger partial charge in [0.25, 0.3) is 0 Å². The molecule has 0 heterocycles. The second-order valence-electron chi connectivity index (χ2n) is 16.5. The first-order valence-corrected chi connectivity index (χ1v) is 24.4. The third kappa shape index (κ3) is 40.4. The van der Waals surface area contributed by atoms with E-state index < -0.39 is 18.2 Å². The molecule has 0 aromatic heterocycles. The van der Waals surface area contributed by atoms with Crippen LogP contribution in [0.25, 0.3) is 0 Å². The van der Waals surface area contributed by atoms with Gasteiger partial charge in [0.2, 0.25) is 5.91 Å². The highest BCUT2D eigenvalue weighted by Gasteiger charge is 2.24. The fourth-order valence-electron chi connectivity index (χ4n) is 7.25. The number of aliphatic hydroxyl groups is 2. The molecule has 0 aromatic rings. The van der Waals surface area contributed by atoms with Gasteiger partial charge < -0.3 is 20.3 Å². The summed E-state index contributed by atoms with van der Waals surface area (Å²) in [6.07, 6.45) is 53.2. The summed E-state index contributed by atoms with van der Waals surface area (Å²) in [5.74, 6) is -0.524. The van der Waals surface area contributed by atoms with Crippen molar-refractivity contribution >= 4 is 11.9 Å². The molecule has 57 heavy (non-hydrogen) atoms. The second-order valence-corrected chi connectivity index (χ2v) is 16.5. The van der Waals surface area contributed by atoms with Crippen LogP contribution in [0.5, 0.6) is 0 Å². The molecule has 3 N–H and O–H groups in total. The third-order valence-corrected chi connectivity index (χ3v) is 10.9. The lowest BCUT2D eigenvalue weighted by Crippen LogP contribution is -2.46. The Morgan fingerprint density at radius 3 is 1.40 bits per heavy atom. The average molecular weight is 800 g/mol. The summed E-state index contributed by atoms with van der Waals surface area (Å²) in [6.45, 7) is 6.33. The van der Waals surface area contributed by atoms with Gasteiger partial charge in [0.05, 0.1) is 25.2 Å². The number of hydrogen-bond donors (Lipinski definition) is 3. The summed E-state index contributed by atoms with van der Waals surface area (Å²) in [4.78, 5) is 26.0. The van der Waals surface area contributed by atoms with Crippen LogP contribution in [0.4, 0.5) is 0 Å². The van der Waals surface area contributed by atoms with E-state index in [2.05, 4.69) is 74.7 Å². The molecule has 6 nitrogen and oxygen atoms in total. The number of unbranched alkanes of at least 4 members (excludes halogenated alkanes) is 23. The molecule has 0 saturated heterocycles. The van der Waals surface area contributed by atoms with Crippen molar-refractivity contribution in [3.8, 4) is 0 Å². The molecule has 0 spiro atoms. The maximum Gasteiger partial charge on any atom is 0.306 e. The molecule has 0 aromatic carbocycles. The third-order valence-electron chi connectivity index (χ3n) is 10.9. The molecular formula is C51H93NO5. The van der Waals surface area contributed by atoms with E-state index in [1.165, 1.54) is 116 Å². The Labute approximate surface area is 353 Å². The molecule has 0 bridgehead atoms. The fourth-order valence-corrected chi connectivity index (χ4v) is 7.25. The lowest BCUT2D eigenvalue weighted by molar-refractivity contribution is -0.151. The van der Waals surface area contributed by atoms with Crippen molar-refractivity contribution in [3.05, 3.63) is 48.6 Å². The first-order valence-electron chi connectivity index (χ1n) is 24.4. The van der Waals surface area contributed by atoms with Crippen LogP contribution in [0, 0.1) is 0 Å². The molecule has 1 amide bonds. The van der Waals surface area contributed by atoms with Crippen molar-refractivity contribution in [2.45, 2.75) is 257 Å². The lowest BCUT2D eigenvalue weighted by atomic mass is 10.0. The van der Waals surface area contributed by atoms with Crippen LogP contribution in [-0.4, -0.2) is 46.9 Å². The summed E-state index contributed by atoms with van der Waals surface area (Å²) in [5.41, 5.74) is 0. The van der Waals surface area contributed by atoms with E-state index >= 15 is 0 Å². The Morgan fingerprint density at radius 1 is 0.526 bits per heavy atom. The molecule has 3 unspecified atom stereocenters. The maximum atomic E-state index is 13.1. The van der Waals surface area contributed by atoms with Crippen molar-refractivity contribution in [2.75, 3.05) is 6.61 Å². The van der Waals surface area contributed by atoms with Crippen molar-refractivity contribution in [1.82, 2.24) is 5.32 Å². The van der Waals surface area contributed by atoms with Gasteiger partial charge in [0.1, 0.15) is 6.10 Å². The molecule has 332 valence electrons. The molecule has 0 aliphatic rings. The van der Waals surface area contributed by atoms with Gasteiger partial charge in [-0.3, -0.25) is 9.59 Å². The topological polar surface area (TPSA) is 95.9 Å². The lowest BCUT2D eigenvalue weighted by Gasteiger charge is -2.24. The van der Waals surface area contributed by atoms with Gasteiger partial charge in [0, 0.05) is 6.42 Å². The number of ether oxygens (including phenoxy) is 1. The fraction of sp³-hybridized carbons (Fsp3) is 0.804. The number of carbonyl (C=O) groups excluding carboxylic acids is 2. The smallest absolute Gasteiger partial charge is 0.306 e. The predicted molar refractivity (Wildman–Crippen MR) is 245 cm³/mol. The van der Waals surface area contributed by atoms with Crippen LogP contribution >= 0.6 is 0 Å². The predicted octanol–water partition coefficient (Wildman–Crippen LogP) is 14.3. The molecule has 0 radical (unpaired) electrons. The summed E-state index contributed by atoms with van der Waals surface area (Å²) in [6, 6.07) is -0.715. The minimum Gasteiger partial charge on any atom is -0.462 e. The zero-order chi connectivity index (χ0) is 41.7. The zero-order valence-electron chi connectivity index (χ0n) is 37.7. The van der Waals surface area contributed by atoms with E-state index in [0.717, 1.165) is 77.0 Å². The second kappa shape index (κ2) is 44.9. The number of allylic oxidation sites excluding steroid dienone is 8. The van der Waals surface area contributed by atoms with Crippen LogP contribution in [0.3, 0.4) is 0 Å². The van der Waals surface area contributed by atoms with E-state index in [-0.39, 0.29) is 24.9 Å². The first kappa shape index (κ1) is 54.8. The number of nitrogens with one attached hydrogen (secondary N) is 1. The number of rotatable bonds is 43. The Kier molecular flexibility index (Phi) is 43.2. The number of carbonyl (C=O) groups is 2. The van der Waals surface area contributed by atoms with Crippen molar-refractivity contribution in [3.63, 3.8) is 0 Å². The largest absolute Gasteiger partial charge is 0.462 e. The summed E-state index contributed by atoms with van der Waals surface area (Å²) in [7, 11) is 0. The number of amides is 1. The SMILES string of the molecule is CC/C=C/C/C=C/C/C=C/C/C=C/CCCC(CC(=O)NC(CO)C(O)CCCCCCCCCCC)OC(=O)CCCCCCCCCCCCCCCCC. The molecule has 0 aliphatic carbocycles. The van der Waals surface area contributed by atoms with Gasteiger partial charge in [-0.25, -0.2) is 0 Å². The highest BCUT2D eigenvalue weighted by molar-refractivity contribution is 5.77. The monoisotopic (exact) mass is 800 g/mol. The minimum absolute atomic E-state index is 0.0417. The molecular weight excluding hydrogens is 707 g/mol. The molecule has 3 atom stereocenters. The number of aliphatic hydroxyl groups excluding tert-OH is 2. The van der Waals surface area contributed by atoms with Gasteiger partial charge in [-0.1, -0.05) is 217 Å². The summed E-state index contributed by atoms with van der Waals surface area (Å²) < 4.78 is 5.89. The van der Waals surface area contributed by atoms with E-state index in [0.29, 0.717) is 19.3 Å². The Morgan fingerprint density at radius 2 is 0.947 bits per heavy atom. The maximum absolute atomic E-state index is 13.1. The standard InChI is InChI=1S/C51H93NO5/c1-4-7-10-13-16-19-21-23-25-27-29-32-35-38-41-44-51(56)57-47(42-39-36-33-31-28-26-24-22-20-17-14-11-8-5-2)45-50(55)52-48(46-53)49(54)43-40-37-34-30-18-15-12-9-6-3/h8,11,17,20,24,26,31,33,47-49,53-54H,4-7,9-10,12-16,18-19,21-23,25,27-30,32,34-46H2,1-3H3,(H,52,55)/b11-8+,20-17+,26-24+,33-31+. The molecule has 0 aliphatic heterocycles. The highest BCUT2D eigenvalue weighted by atomic mass is 16.5. The van der Waals surface area contributed by atoms with Crippen LogP contribution in [-0.2, 0) is 14.3 Å². The van der Waals surface area contributed by atoms with Crippen LogP contribution in [0.2, 0.25) is 0 Å². The van der Waals surface area contributed by atoms with E-state index in [4.69, 9.17) is 4.74 Å². The Balaban J connectivity index is 4.65. The van der Waals surface area contributed by atoms with Gasteiger partial charge in [-0.15, -0.1) is 0 Å². The molecule has 0 fully saturated rings. The van der Waals surface area contributed by atoms with Crippen molar-refractivity contribution in [2.24, 2.45) is 0 Å². The van der Waals surface area contributed by atoms with E-state index in [9.17, 15) is 19.8 Å². The average Bonchev–Trinajstić information content (AvgIpc) is 3.20. The Bertz CT molecular complexity index is 988. The minimum atomic E-state index is -0.798. The van der Waals surface area contributed by atoms with Crippen molar-refractivity contribution in [1.29, 1.82) is 0 Å². The van der Waals surface area contributed by atoms with E-state index in [1.807, 2.05) is 0 Å². The van der Waals surface area contributed by atoms with Gasteiger partial charge in [-0.05, 0) is 57.8 Å². The molecule has 6 heteroatoms. The summed E-state index contributed by atoms with van der Waals surface area (Å²) in [5, 5.41) is 23.6. The normalized spacial score (nSPS) is 13.7. The first-order chi connectivity index (χ1) is 28.0. The quantitative estimate of drug-likeness (QED) is 0.0324. The molecule has 0 saturated carbocycles. The number of hydrogen-bond acceptors (Lipinski definition) is 5. The zero-order valence-corrected chi connectivity index (χ0v) is 37.7.